The van der Waals surface area contributed by atoms with Gasteiger partial charge in [-0.1, -0.05) is 55.0 Å². The van der Waals surface area contributed by atoms with E-state index in [9.17, 15) is 9.59 Å². The summed E-state index contributed by atoms with van der Waals surface area (Å²) >= 11 is 0. The summed E-state index contributed by atoms with van der Waals surface area (Å²) in [5, 5.41) is 8.29. The van der Waals surface area contributed by atoms with Gasteiger partial charge in [0.05, 0.1) is 11.3 Å². The average molecular weight is 415 g/mol. The number of H-pyrrole nitrogens is 2. The van der Waals surface area contributed by atoms with E-state index in [-0.39, 0.29) is 11.5 Å². The van der Waals surface area contributed by atoms with Crippen molar-refractivity contribution < 1.29 is 4.79 Å². The van der Waals surface area contributed by atoms with Crippen LogP contribution in [0.15, 0.2) is 71.5 Å². The Bertz CT molecular complexity index is 1230. The number of nitrogens with zero attached hydrogens (tertiary/aromatic N) is 2. The van der Waals surface area contributed by atoms with Crippen LogP contribution in [-0.2, 0) is 6.42 Å². The number of carbonyl (C=O) groups is 1. The van der Waals surface area contributed by atoms with Crippen molar-refractivity contribution in [3.63, 3.8) is 0 Å². The van der Waals surface area contributed by atoms with Crippen molar-refractivity contribution in [1.29, 1.82) is 0 Å². The molecule has 2 aromatic carbocycles. The second kappa shape index (κ2) is 9.43. The number of carbonyl (C=O) groups excluding carboxylic acids is 1. The van der Waals surface area contributed by atoms with Crippen LogP contribution in [0.3, 0.4) is 0 Å². The lowest BCUT2D eigenvalue weighted by Gasteiger charge is -2.18. The number of hydrogen-bond acceptors (Lipinski definition) is 3. The molecule has 0 atom stereocenters. The van der Waals surface area contributed by atoms with Crippen molar-refractivity contribution in [2.24, 2.45) is 0 Å². The number of hydrogen-bond donors (Lipinski definition) is 2. The molecule has 0 aliphatic rings. The lowest BCUT2D eigenvalue weighted by molar-refractivity contribution is 0.0794. The van der Waals surface area contributed by atoms with E-state index in [1.54, 1.807) is 11.9 Å². The molecule has 4 aromatic rings. The number of rotatable bonds is 8. The molecule has 0 saturated heterocycles. The summed E-state index contributed by atoms with van der Waals surface area (Å²) in [6, 6.07) is 21.0. The molecule has 0 radical (unpaired) electrons. The van der Waals surface area contributed by atoms with E-state index in [0.29, 0.717) is 17.6 Å². The fraction of sp³-hybridized carbons (Fsp3) is 0.240. The fourth-order valence-corrected chi connectivity index (χ4v) is 3.78. The van der Waals surface area contributed by atoms with Crippen LogP contribution in [0.25, 0.3) is 22.2 Å². The quantitative estimate of drug-likeness (QED) is 0.419. The molecule has 2 N–H and O–H groups in total. The molecule has 6 nitrogen and oxygen atoms in total. The van der Waals surface area contributed by atoms with Crippen molar-refractivity contribution in [1.82, 2.24) is 20.1 Å². The van der Waals surface area contributed by atoms with Crippen molar-refractivity contribution >= 4 is 16.8 Å². The minimum absolute atomic E-state index is 0.122. The van der Waals surface area contributed by atoms with Gasteiger partial charge in [-0.3, -0.25) is 14.7 Å². The molecule has 4 rings (SSSR count). The summed E-state index contributed by atoms with van der Waals surface area (Å²) < 4.78 is 0. The summed E-state index contributed by atoms with van der Waals surface area (Å²) in [7, 11) is 1.79. The number of benzene rings is 2. The summed E-state index contributed by atoms with van der Waals surface area (Å²) in [6.45, 7) is 0.651. The first-order chi connectivity index (χ1) is 15.1. The zero-order valence-corrected chi connectivity index (χ0v) is 17.6. The number of fused-ring (bicyclic) bond motifs is 1. The normalized spacial score (nSPS) is 11.0. The monoisotopic (exact) mass is 414 g/mol. The summed E-state index contributed by atoms with van der Waals surface area (Å²) in [5.41, 5.74) is 4.07. The Balaban J connectivity index is 1.27. The molecule has 0 saturated carbocycles. The van der Waals surface area contributed by atoms with Gasteiger partial charge in [-0.2, -0.15) is 5.10 Å². The van der Waals surface area contributed by atoms with Gasteiger partial charge >= 0.3 is 0 Å². The Hall–Kier alpha value is -3.67. The predicted molar refractivity (Wildman–Crippen MR) is 123 cm³/mol. The Kier molecular flexibility index (Phi) is 6.26. The standard InChI is InChI=1S/C25H26N4O2/c1-29(25(31)21-17-24(30)26-22-14-8-7-13-20(21)22)15-9-3-6-12-19-16-23(28-27-19)18-10-4-2-5-11-18/h2,4-5,7-8,10-11,13-14,16-17H,3,6,9,12,15H2,1H3,(H,26,30)(H,27,28). The summed E-state index contributed by atoms with van der Waals surface area (Å²) in [4.78, 5) is 29.3. The van der Waals surface area contributed by atoms with Crippen molar-refractivity contribution in [2.75, 3.05) is 13.6 Å². The van der Waals surface area contributed by atoms with Gasteiger partial charge in [-0.15, -0.1) is 0 Å². The lowest BCUT2D eigenvalue weighted by Crippen LogP contribution is -2.29. The fourth-order valence-electron chi connectivity index (χ4n) is 3.78. The summed E-state index contributed by atoms with van der Waals surface area (Å²) in [5.74, 6) is -0.122. The highest BCUT2D eigenvalue weighted by molar-refractivity contribution is 6.05. The number of aromatic amines is 2. The van der Waals surface area contributed by atoms with Gasteiger partial charge < -0.3 is 9.88 Å². The third-order valence-electron chi connectivity index (χ3n) is 5.47. The van der Waals surface area contributed by atoms with Crippen LogP contribution in [0.2, 0.25) is 0 Å². The van der Waals surface area contributed by atoms with Crippen LogP contribution < -0.4 is 5.56 Å². The van der Waals surface area contributed by atoms with Gasteiger partial charge in [0.2, 0.25) is 5.56 Å². The zero-order chi connectivity index (χ0) is 21.6. The smallest absolute Gasteiger partial charge is 0.254 e. The molecule has 158 valence electrons. The SMILES string of the molecule is CN(CCCCCc1cc(-c2ccccc2)n[nH]1)C(=O)c1cc(=O)[nH]c2ccccc12. The Morgan fingerprint density at radius 2 is 1.74 bits per heavy atom. The van der Waals surface area contributed by atoms with E-state index in [1.165, 1.54) is 6.07 Å². The highest BCUT2D eigenvalue weighted by atomic mass is 16.2. The maximum atomic E-state index is 12.9. The second-order valence-electron chi connectivity index (χ2n) is 7.77. The Morgan fingerprint density at radius 1 is 0.968 bits per heavy atom. The van der Waals surface area contributed by atoms with E-state index >= 15 is 0 Å². The van der Waals surface area contributed by atoms with Gasteiger partial charge in [0.1, 0.15) is 0 Å². The van der Waals surface area contributed by atoms with Crippen LogP contribution >= 0.6 is 0 Å². The molecule has 0 fully saturated rings. The predicted octanol–water partition coefficient (Wildman–Crippen LogP) is 4.40. The van der Waals surface area contributed by atoms with E-state index in [4.69, 9.17) is 0 Å². The van der Waals surface area contributed by atoms with Crippen LogP contribution in [-0.4, -0.2) is 39.6 Å². The number of pyridine rings is 1. The van der Waals surface area contributed by atoms with Gasteiger partial charge in [-0.25, -0.2) is 0 Å². The molecular weight excluding hydrogens is 388 g/mol. The van der Waals surface area contributed by atoms with Crippen molar-refractivity contribution in [2.45, 2.75) is 25.7 Å². The Morgan fingerprint density at radius 3 is 2.58 bits per heavy atom. The van der Waals surface area contributed by atoms with E-state index < -0.39 is 0 Å². The minimum Gasteiger partial charge on any atom is -0.342 e. The van der Waals surface area contributed by atoms with Crippen molar-refractivity contribution in [3.8, 4) is 11.3 Å². The van der Waals surface area contributed by atoms with Gasteiger partial charge in [0.25, 0.3) is 5.91 Å². The van der Waals surface area contributed by atoms with Crippen LogP contribution in [0, 0.1) is 0 Å². The van der Waals surface area contributed by atoms with Gasteiger partial charge in [0.15, 0.2) is 0 Å². The maximum Gasteiger partial charge on any atom is 0.254 e. The van der Waals surface area contributed by atoms with Crippen LogP contribution in [0.5, 0.6) is 0 Å². The molecule has 2 heterocycles. The Labute approximate surface area is 180 Å². The molecule has 2 aromatic heterocycles. The molecular formula is C25H26N4O2. The van der Waals surface area contributed by atoms with E-state index in [0.717, 1.165) is 48.0 Å². The third-order valence-corrected chi connectivity index (χ3v) is 5.47. The lowest BCUT2D eigenvalue weighted by atomic mass is 10.1. The number of aryl methyl sites for hydroxylation is 1. The number of unbranched alkanes of at least 4 members (excludes halogenated alkanes) is 2. The molecule has 0 bridgehead atoms. The molecule has 31 heavy (non-hydrogen) atoms. The molecule has 0 unspecified atom stereocenters. The molecule has 6 heteroatoms. The third kappa shape index (κ3) is 4.91. The molecule has 1 amide bonds. The van der Waals surface area contributed by atoms with Gasteiger partial charge in [0, 0.05) is 41.8 Å². The zero-order valence-electron chi connectivity index (χ0n) is 17.6. The maximum absolute atomic E-state index is 12.9. The number of aromatic nitrogens is 3. The van der Waals surface area contributed by atoms with E-state index in [1.807, 2.05) is 42.5 Å². The van der Waals surface area contributed by atoms with Gasteiger partial charge in [-0.05, 0) is 31.4 Å². The molecule has 0 aliphatic heterocycles. The number of para-hydroxylation sites is 1. The average Bonchev–Trinajstić information content (AvgIpc) is 3.27. The molecule has 0 spiro atoms. The second-order valence-corrected chi connectivity index (χ2v) is 7.77. The highest BCUT2D eigenvalue weighted by Crippen LogP contribution is 2.19. The highest BCUT2D eigenvalue weighted by Gasteiger charge is 2.15. The van der Waals surface area contributed by atoms with E-state index in [2.05, 4.69) is 33.4 Å². The van der Waals surface area contributed by atoms with Crippen LogP contribution in [0.1, 0.15) is 35.3 Å². The van der Waals surface area contributed by atoms with Crippen molar-refractivity contribution in [3.05, 3.63) is 88.3 Å². The topological polar surface area (TPSA) is 81.8 Å². The first-order valence-corrected chi connectivity index (χ1v) is 10.6. The molecule has 0 aliphatic carbocycles. The summed E-state index contributed by atoms with van der Waals surface area (Å²) in [6.07, 6.45) is 3.86. The number of nitrogens with one attached hydrogen (secondary N) is 2. The van der Waals surface area contributed by atoms with Crippen LogP contribution in [0.4, 0.5) is 0 Å². The first kappa shape index (κ1) is 20.6. The largest absolute Gasteiger partial charge is 0.342 e. The first-order valence-electron chi connectivity index (χ1n) is 10.6. The minimum atomic E-state index is -0.259. The number of amides is 1.